The van der Waals surface area contributed by atoms with Crippen molar-refractivity contribution in [2.75, 3.05) is 13.2 Å². The van der Waals surface area contributed by atoms with Gasteiger partial charge in [-0.2, -0.15) is 0 Å². The molecule has 106 valence electrons. The first-order valence-corrected chi connectivity index (χ1v) is 6.58. The number of nitrogens with one attached hydrogen (secondary N) is 1. The van der Waals surface area contributed by atoms with Crippen molar-refractivity contribution >= 4 is 5.91 Å². The van der Waals surface area contributed by atoms with Gasteiger partial charge in [0.25, 0.3) is 0 Å². The van der Waals surface area contributed by atoms with E-state index in [1.165, 1.54) is 0 Å². The lowest BCUT2D eigenvalue weighted by Gasteiger charge is -2.24. The summed E-state index contributed by atoms with van der Waals surface area (Å²) in [5.41, 5.74) is 0.780. The first-order chi connectivity index (χ1) is 8.93. The fraction of sp³-hybridized carbons (Fsp3) is 0.533. The zero-order valence-corrected chi connectivity index (χ0v) is 11.6. The molecule has 1 aromatic rings. The normalized spacial score (nSPS) is 11.3. The largest absolute Gasteiger partial charge is 0.508 e. The van der Waals surface area contributed by atoms with E-state index in [1.54, 1.807) is 18.2 Å². The molecule has 0 fully saturated rings. The van der Waals surface area contributed by atoms with Crippen LogP contribution in [0.5, 0.6) is 5.75 Å². The molecule has 0 aliphatic rings. The quantitative estimate of drug-likeness (QED) is 0.704. The highest BCUT2D eigenvalue weighted by molar-refractivity contribution is 5.78. The van der Waals surface area contributed by atoms with E-state index in [1.807, 2.05) is 6.07 Å². The minimum atomic E-state index is -0.0531. The molecule has 0 atom stereocenters. The Balaban J connectivity index is 2.39. The first-order valence-electron chi connectivity index (χ1n) is 6.58. The lowest BCUT2D eigenvalue weighted by Crippen LogP contribution is -2.35. The number of carbonyl (C=O) groups is 1. The number of hydrogen-bond acceptors (Lipinski definition) is 3. The average molecular weight is 265 g/mol. The van der Waals surface area contributed by atoms with E-state index in [9.17, 15) is 9.90 Å². The number of benzene rings is 1. The van der Waals surface area contributed by atoms with Gasteiger partial charge in [0.1, 0.15) is 5.75 Å². The van der Waals surface area contributed by atoms with E-state index in [0.29, 0.717) is 6.54 Å². The molecule has 0 heterocycles. The summed E-state index contributed by atoms with van der Waals surface area (Å²) < 4.78 is 0. The topological polar surface area (TPSA) is 69.6 Å². The Morgan fingerprint density at radius 2 is 2.11 bits per heavy atom. The number of aliphatic hydroxyl groups excluding tert-OH is 1. The van der Waals surface area contributed by atoms with Crippen LogP contribution in [-0.2, 0) is 11.2 Å². The molecule has 4 heteroatoms. The molecular weight excluding hydrogens is 242 g/mol. The van der Waals surface area contributed by atoms with Crippen LogP contribution in [0.4, 0.5) is 0 Å². The van der Waals surface area contributed by atoms with Crippen LogP contribution in [0.1, 0.15) is 32.3 Å². The molecule has 4 nitrogen and oxygen atoms in total. The molecule has 1 amide bonds. The summed E-state index contributed by atoms with van der Waals surface area (Å²) in [5.74, 6) is 0.122. The summed E-state index contributed by atoms with van der Waals surface area (Å²) >= 11 is 0. The Kier molecular flexibility index (Phi) is 5.83. The number of hydrogen-bond donors (Lipinski definition) is 3. The lowest BCUT2D eigenvalue weighted by molar-refractivity contribution is -0.120. The molecule has 1 rings (SSSR count). The van der Waals surface area contributed by atoms with E-state index in [2.05, 4.69) is 19.2 Å². The summed E-state index contributed by atoms with van der Waals surface area (Å²) in [6.45, 7) is 4.90. The maximum absolute atomic E-state index is 11.8. The van der Waals surface area contributed by atoms with Crippen molar-refractivity contribution in [2.45, 2.75) is 33.1 Å². The standard InChI is InChI=1S/C15H23NO3/c1-15(2,7-4-8-17)11-16-14(19)10-12-5-3-6-13(18)9-12/h3,5-6,9,17-18H,4,7-8,10-11H2,1-2H3,(H,16,19). The van der Waals surface area contributed by atoms with E-state index in [-0.39, 0.29) is 30.1 Å². The van der Waals surface area contributed by atoms with Crippen molar-refractivity contribution in [2.24, 2.45) is 5.41 Å². The second kappa shape index (κ2) is 7.14. The molecule has 0 unspecified atom stereocenters. The number of aliphatic hydroxyl groups is 1. The fourth-order valence-corrected chi connectivity index (χ4v) is 1.90. The molecular formula is C15H23NO3. The maximum atomic E-state index is 11.8. The van der Waals surface area contributed by atoms with Gasteiger partial charge in [-0.25, -0.2) is 0 Å². The molecule has 0 aliphatic heterocycles. The van der Waals surface area contributed by atoms with Crippen LogP contribution in [0.15, 0.2) is 24.3 Å². The summed E-state index contributed by atoms with van der Waals surface area (Å²) in [6, 6.07) is 6.72. The zero-order valence-electron chi connectivity index (χ0n) is 11.6. The minimum Gasteiger partial charge on any atom is -0.508 e. The van der Waals surface area contributed by atoms with Crippen LogP contribution in [0.2, 0.25) is 0 Å². The molecule has 1 aromatic carbocycles. The molecule has 3 N–H and O–H groups in total. The van der Waals surface area contributed by atoms with Gasteiger partial charge < -0.3 is 15.5 Å². The number of aromatic hydroxyl groups is 1. The van der Waals surface area contributed by atoms with Crippen LogP contribution in [0.25, 0.3) is 0 Å². The van der Waals surface area contributed by atoms with Crippen LogP contribution in [-0.4, -0.2) is 29.3 Å². The van der Waals surface area contributed by atoms with Gasteiger partial charge in [-0.3, -0.25) is 4.79 Å². The molecule has 0 bridgehead atoms. The van der Waals surface area contributed by atoms with Gasteiger partial charge in [0.15, 0.2) is 0 Å². The molecule has 0 radical (unpaired) electrons. The first kappa shape index (κ1) is 15.5. The zero-order chi connectivity index (χ0) is 14.3. The fourth-order valence-electron chi connectivity index (χ4n) is 1.90. The van der Waals surface area contributed by atoms with E-state index < -0.39 is 0 Å². The van der Waals surface area contributed by atoms with Crippen molar-refractivity contribution in [1.29, 1.82) is 0 Å². The average Bonchev–Trinajstić information content (AvgIpc) is 2.34. The highest BCUT2D eigenvalue weighted by Gasteiger charge is 2.18. The second-order valence-corrected chi connectivity index (χ2v) is 5.61. The van der Waals surface area contributed by atoms with Crippen molar-refractivity contribution < 1.29 is 15.0 Å². The van der Waals surface area contributed by atoms with Gasteiger partial charge in [0, 0.05) is 13.2 Å². The molecule has 0 aromatic heterocycles. The summed E-state index contributed by atoms with van der Waals surface area (Å²) in [6.07, 6.45) is 1.88. The molecule has 19 heavy (non-hydrogen) atoms. The highest BCUT2D eigenvalue weighted by atomic mass is 16.3. The van der Waals surface area contributed by atoms with Crippen LogP contribution in [0.3, 0.4) is 0 Å². The third-order valence-corrected chi connectivity index (χ3v) is 3.05. The maximum Gasteiger partial charge on any atom is 0.224 e. The number of rotatable bonds is 7. The monoisotopic (exact) mass is 265 g/mol. The Labute approximate surface area is 114 Å². The SMILES string of the molecule is CC(C)(CCCO)CNC(=O)Cc1cccc(O)c1. The van der Waals surface area contributed by atoms with Gasteiger partial charge in [-0.05, 0) is 36.0 Å². The van der Waals surface area contributed by atoms with E-state index in [0.717, 1.165) is 18.4 Å². The highest BCUT2D eigenvalue weighted by Crippen LogP contribution is 2.20. The van der Waals surface area contributed by atoms with Gasteiger partial charge in [0.2, 0.25) is 5.91 Å². The predicted molar refractivity (Wildman–Crippen MR) is 74.9 cm³/mol. The van der Waals surface area contributed by atoms with Crippen molar-refractivity contribution in [3.05, 3.63) is 29.8 Å². The summed E-state index contributed by atoms with van der Waals surface area (Å²) in [7, 11) is 0. The van der Waals surface area contributed by atoms with E-state index >= 15 is 0 Å². The van der Waals surface area contributed by atoms with Crippen molar-refractivity contribution in [3.8, 4) is 5.75 Å². The minimum absolute atomic E-state index is 0.0167. The van der Waals surface area contributed by atoms with E-state index in [4.69, 9.17) is 5.11 Å². The molecule has 0 spiro atoms. The number of phenolic OH excluding ortho intramolecular Hbond substituents is 1. The third kappa shape index (κ3) is 6.25. The smallest absolute Gasteiger partial charge is 0.224 e. The van der Waals surface area contributed by atoms with Gasteiger partial charge in [-0.15, -0.1) is 0 Å². The van der Waals surface area contributed by atoms with Crippen molar-refractivity contribution in [1.82, 2.24) is 5.32 Å². The number of amides is 1. The lowest BCUT2D eigenvalue weighted by atomic mass is 9.88. The second-order valence-electron chi connectivity index (χ2n) is 5.61. The van der Waals surface area contributed by atoms with Gasteiger partial charge in [-0.1, -0.05) is 26.0 Å². The number of phenols is 1. The Hall–Kier alpha value is -1.55. The van der Waals surface area contributed by atoms with Crippen LogP contribution < -0.4 is 5.32 Å². The van der Waals surface area contributed by atoms with Crippen molar-refractivity contribution in [3.63, 3.8) is 0 Å². The predicted octanol–water partition coefficient (Wildman–Crippen LogP) is 1.85. The van der Waals surface area contributed by atoms with Crippen LogP contribution in [0, 0.1) is 5.41 Å². The van der Waals surface area contributed by atoms with Gasteiger partial charge >= 0.3 is 0 Å². The Bertz CT molecular complexity index is 416. The molecule has 0 saturated carbocycles. The summed E-state index contributed by atoms with van der Waals surface area (Å²) in [4.78, 5) is 11.8. The summed E-state index contributed by atoms with van der Waals surface area (Å²) in [5, 5.41) is 21.0. The Morgan fingerprint density at radius 1 is 1.37 bits per heavy atom. The van der Waals surface area contributed by atoms with Gasteiger partial charge in [0.05, 0.1) is 6.42 Å². The molecule has 0 aliphatic carbocycles. The Morgan fingerprint density at radius 3 is 2.74 bits per heavy atom. The number of carbonyl (C=O) groups excluding carboxylic acids is 1. The third-order valence-electron chi connectivity index (χ3n) is 3.05. The van der Waals surface area contributed by atoms with Crippen LogP contribution >= 0.6 is 0 Å². The molecule has 0 saturated heterocycles.